The second-order valence-corrected chi connectivity index (χ2v) is 7.97. The topological polar surface area (TPSA) is 72.7 Å². The lowest BCUT2D eigenvalue weighted by Crippen LogP contribution is -2.24. The highest BCUT2D eigenvalue weighted by Gasteiger charge is 2.14. The van der Waals surface area contributed by atoms with E-state index in [0.717, 1.165) is 16.0 Å². The summed E-state index contributed by atoms with van der Waals surface area (Å²) in [5, 5.41) is 11.4. The Labute approximate surface area is 168 Å². The Morgan fingerprint density at radius 3 is 2.93 bits per heavy atom. The largest absolute Gasteiger partial charge is 0.350 e. The number of rotatable bonds is 6. The van der Waals surface area contributed by atoms with E-state index in [9.17, 15) is 4.79 Å². The first-order valence-corrected chi connectivity index (χ1v) is 10.3. The molecule has 0 spiro atoms. The fraction of sp³-hybridized carbons (Fsp3) is 0.111. The zero-order chi connectivity index (χ0) is 18.6. The van der Waals surface area contributed by atoms with Gasteiger partial charge in [-0.2, -0.15) is 5.10 Å². The van der Waals surface area contributed by atoms with Crippen molar-refractivity contribution >= 4 is 51.6 Å². The van der Waals surface area contributed by atoms with E-state index in [-0.39, 0.29) is 11.7 Å². The highest BCUT2D eigenvalue weighted by Crippen LogP contribution is 2.27. The maximum atomic E-state index is 12.1. The zero-order valence-corrected chi connectivity index (χ0v) is 16.4. The number of benzene rings is 1. The number of aromatic nitrogens is 4. The van der Waals surface area contributed by atoms with Crippen molar-refractivity contribution in [2.75, 3.05) is 5.75 Å². The molecule has 0 aliphatic rings. The molecule has 1 N–H and O–H groups in total. The summed E-state index contributed by atoms with van der Waals surface area (Å²) in [5.41, 5.74) is 1.40. The van der Waals surface area contributed by atoms with Crippen molar-refractivity contribution < 1.29 is 4.79 Å². The molecule has 0 atom stereocenters. The van der Waals surface area contributed by atoms with E-state index in [1.54, 1.807) is 28.3 Å². The Bertz CT molecular complexity index is 1080. The number of halogens is 1. The van der Waals surface area contributed by atoms with E-state index in [4.69, 9.17) is 11.6 Å². The van der Waals surface area contributed by atoms with Gasteiger partial charge in [-0.15, -0.1) is 11.3 Å². The lowest BCUT2D eigenvalue weighted by atomic mass is 10.3. The summed E-state index contributed by atoms with van der Waals surface area (Å²) in [6, 6.07) is 11.4. The fourth-order valence-electron chi connectivity index (χ4n) is 2.52. The molecule has 9 heteroatoms. The predicted octanol–water partition coefficient (Wildman–Crippen LogP) is 3.94. The number of nitrogens with one attached hydrogen (secondary N) is 1. The average molecular weight is 416 g/mol. The molecule has 0 bridgehead atoms. The summed E-state index contributed by atoms with van der Waals surface area (Å²) < 4.78 is 1.68. The van der Waals surface area contributed by atoms with E-state index in [0.29, 0.717) is 22.2 Å². The number of hydrogen-bond acceptors (Lipinski definition) is 6. The van der Waals surface area contributed by atoms with Crippen LogP contribution in [-0.2, 0) is 11.3 Å². The van der Waals surface area contributed by atoms with Gasteiger partial charge in [0.2, 0.25) is 5.91 Å². The molecular formula is C18H14ClN5OS2. The number of carbonyl (C=O) groups excluding carboxylic acids is 1. The van der Waals surface area contributed by atoms with Gasteiger partial charge in [-0.05, 0) is 23.6 Å². The fourth-order valence-corrected chi connectivity index (χ4v) is 4.17. The Morgan fingerprint density at radius 1 is 1.22 bits per heavy atom. The minimum absolute atomic E-state index is 0.0429. The van der Waals surface area contributed by atoms with Gasteiger partial charge in [-0.1, -0.05) is 41.6 Å². The molecule has 1 aromatic carbocycles. The van der Waals surface area contributed by atoms with Crippen molar-refractivity contribution in [3.8, 4) is 5.69 Å². The standard InChI is InChI=1S/C18H14ClN5OS2/c19-14-5-1-2-6-15(14)24-17-13(9-23-24)18(22-11-21-17)27-10-16(25)20-8-12-4-3-7-26-12/h1-7,9,11H,8,10H2,(H,20,25). The van der Waals surface area contributed by atoms with Crippen LogP contribution in [0, 0.1) is 0 Å². The minimum Gasteiger partial charge on any atom is -0.350 e. The summed E-state index contributed by atoms with van der Waals surface area (Å²) >= 11 is 9.26. The molecule has 0 unspecified atom stereocenters. The first-order chi connectivity index (χ1) is 13.2. The molecule has 0 saturated carbocycles. The summed E-state index contributed by atoms with van der Waals surface area (Å²) in [6.07, 6.45) is 3.17. The molecule has 4 rings (SSSR count). The van der Waals surface area contributed by atoms with Gasteiger partial charge in [0.15, 0.2) is 5.65 Å². The van der Waals surface area contributed by atoms with Gasteiger partial charge in [-0.3, -0.25) is 4.79 Å². The van der Waals surface area contributed by atoms with Gasteiger partial charge >= 0.3 is 0 Å². The van der Waals surface area contributed by atoms with E-state index >= 15 is 0 Å². The van der Waals surface area contributed by atoms with Crippen LogP contribution >= 0.6 is 34.7 Å². The van der Waals surface area contributed by atoms with Gasteiger partial charge in [-0.25, -0.2) is 14.6 Å². The SMILES string of the molecule is O=C(CSc1ncnc2c1cnn2-c1ccccc1Cl)NCc1cccs1. The number of carbonyl (C=O) groups is 1. The Balaban J connectivity index is 1.50. The van der Waals surface area contributed by atoms with Gasteiger partial charge in [0, 0.05) is 4.88 Å². The van der Waals surface area contributed by atoms with Crippen LogP contribution < -0.4 is 5.32 Å². The van der Waals surface area contributed by atoms with Crippen LogP contribution in [0.5, 0.6) is 0 Å². The number of para-hydroxylation sites is 1. The van der Waals surface area contributed by atoms with Gasteiger partial charge in [0.25, 0.3) is 0 Å². The van der Waals surface area contributed by atoms with Crippen molar-refractivity contribution in [1.82, 2.24) is 25.1 Å². The van der Waals surface area contributed by atoms with E-state index in [1.807, 2.05) is 35.7 Å². The first-order valence-electron chi connectivity index (χ1n) is 8.08. The molecule has 0 aliphatic carbocycles. The molecule has 27 heavy (non-hydrogen) atoms. The van der Waals surface area contributed by atoms with Gasteiger partial charge in [0.05, 0.1) is 34.6 Å². The maximum Gasteiger partial charge on any atom is 0.230 e. The third-order valence-electron chi connectivity index (χ3n) is 3.79. The van der Waals surface area contributed by atoms with Gasteiger partial charge < -0.3 is 5.32 Å². The monoisotopic (exact) mass is 415 g/mol. The minimum atomic E-state index is -0.0429. The molecule has 136 valence electrons. The Hall–Kier alpha value is -2.42. The van der Waals surface area contributed by atoms with E-state index in [2.05, 4.69) is 20.4 Å². The highest BCUT2D eigenvalue weighted by atomic mass is 35.5. The van der Waals surface area contributed by atoms with Crippen LogP contribution in [-0.4, -0.2) is 31.4 Å². The third kappa shape index (κ3) is 3.97. The second kappa shape index (κ2) is 8.08. The molecule has 4 aromatic rings. The highest BCUT2D eigenvalue weighted by molar-refractivity contribution is 8.00. The van der Waals surface area contributed by atoms with Crippen molar-refractivity contribution in [2.45, 2.75) is 11.6 Å². The smallest absolute Gasteiger partial charge is 0.230 e. The Kier molecular flexibility index (Phi) is 5.38. The number of thiophene rings is 1. The summed E-state index contributed by atoms with van der Waals surface area (Å²) in [5.74, 6) is 0.230. The van der Waals surface area contributed by atoms with Crippen molar-refractivity contribution in [3.05, 3.63) is 64.2 Å². The summed E-state index contributed by atoms with van der Waals surface area (Å²) in [4.78, 5) is 21.9. The van der Waals surface area contributed by atoms with Crippen molar-refractivity contribution in [2.24, 2.45) is 0 Å². The molecule has 3 heterocycles. The number of thioether (sulfide) groups is 1. The van der Waals surface area contributed by atoms with Crippen molar-refractivity contribution in [1.29, 1.82) is 0 Å². The molecule has 0 aliphatic heterocycles. The average Bonchev–Trinajstić information content (AvgIpc) is 3.35. The molecule has 6 nitrogen and oxygen atoms in total. The molecule has 0 fully saturated rings. The van der Waals surface area contributed by atoms with Crippen LogP contribution in [0.15, 0.2) is 59.3 Å². The number of amides is 1. The summed E-state index contributed by atoms with van der Waals surface area (Å²) in [6.45, 7) is 0.542. The normalized spacial score (nSPS) is 11.0. The zero-order valence-electron chi connectivity index (χ0n) is 14.0. The van der Waals surface area contributed by atoms with Gasteiger partial charge in [0.1, 0.15) is 11.4 Å². The molecular weight excluding hydrogens is 402 g/mol. The van der Waals surface area contributed by atoms with Crippen LogP contribution in [0.25, 0.3) is 16.7 Å². The van der Waals surface area contributed by atoms with Crippen LogP contribution in [0.1, 0.15) is 4.88 Å². The van der Waals surface area contributed by atoms with Crippen LogP contribution in [0.4, 0.5) is 0 Å². The lowest BCUT2D eigenvalue weighted by Gasteiger charge is -2.06. The molecule has 0 saturated heterocycles. The van der Waals surface area contributed by atoms with Crippen LogP contribution in [0.2, 0.25) is 5.02 Å². The third-order valence-corrected chi connectivity index (χ3v) is 5.99. The molecule has 1 amide bonds. The van der Waals surface area contributed by atoms with E-state index < -0.39 is 0 Å². The second-order valence-electron chi connectivity index (χ2n) is 5.57. The number of hydrogen-bond donors (Lipinski definition) is 1. The lowest BCUT2D eigenvalue weighted by molar-refractivity contribution is -0.118. The number of nitrogens with zero attached hydrogens (tertiary/aromatic N) is 4. The molecule has 3 aromatic heterocycles. The van der Waals surface area contributed by atoms with Crippen LogP contribution in [0.3, 0.4) is 0 Å². The van der Waals surface area contributed by atoms with Crippen molar-refractivity contribution in [3.63, 3.8) is 0 Å². The molecule has 0 radical (unpaired) electrons. The predicted molar refractivity (Wildman–Crippen MR) is 109 cm³/mol. The Morgan fingerprint density at radius 2 is 2.11 bits per heavy atom. The maximum absolute atomic E-state index is 12.1. The summed E-state index contributed by atoms with van der Waals surface area (Å²) in [7, 11) is 0. The number of fused-ring (bicyclic) bond motifs is 1. The first kappa shape index (κ1) is 18.0. The van der Waals surface area contributed by atoms with E-state index in [1.165, 1.54) is 18.1 Å². The quantitative estimate of drug-likeness (QED) is 0.381.